The number of methoxy groups -OCH3 is 1. The van der Waals surface area contributed by atoms with Gasteiger partial charge >= 0.3 is 5.97 Å². The molecule has 0 bridgehead atoms. The maximum absolute atomic E-state index is 13.0. The Labute approximate surface area is 189 Å². The average Bonchev–Trinajstić information content (AvgIpc) is 3.06. The highest BCUT2D eigenvalue weighted by Crippen LogP contribution is 2.35. The number of rotatable bonds is 5. The number of esters is 1. The van der Waals surface area contributed by atoms with Gasteiger partial charge in [-0.2, -0.15) is 0 Å². The molecule has 1 aromatic heterocycles. The van der Waals surface area contributed by atoms with Crippen LogP contribution in [0.5, 0.6) is 0 Å². The van der Waals surface area contributed by atoms with E-state index in [2.05, 4.69) is 10.6 Å². The summed E-state index contributed by atoms with van der Waals surface area (Å²) in [5.74, 6) is -1.51. The van der Waals surface area contributed by atoms with Crippen molar-refractivity contribution in [2.75, 3.05) is 17.7 Å². The van der Waals surface area contributed by atoms with Gasteiger partial charge in [0.05, 0.1) is 28.1 Å². The van der Waals surface area contributed by atoms with E-state index in [1.807, 2.05) is 32.0 Å². The van der Waals surface area contributed by atoms with Crippen molar-refractivity contribution in [3.8, 4) is 0 Å². The van der Waals surface area contributed by atoms with Crippen LogP contribution in [0.15, 0.2) is 42.5 Å². The highest BCUT2D eigenvalue weighted by atomic mass is 35.5. The van der Waals surface area contributed by atoms with Crippen LogP contribution in [-0.2, 0) is 4.74 Å². The molecule has 0 aliphatic carbocycles. The second-order valence-electron chi connectivity index (χ2n) is 6.96. The molecule has 6 nitrogen and oxygen atoms in total. The Balaban J connectivity index is 1.97. The topological polar surface area (TPSA) is 84.5 Å². The predicted octanol–water partition coefficient (Wildman–Crippen LogP) is 5.62. The van der Waals surface area contributed by atoms with Gasteiger partial charge in [-0.05, 0) is 55.7 Å². The summed E-state index contributed by atoms with van der Waals surface area (Å²) in [5, 5.41) is 6.08. The molecule has 0 saturated heterocycles. The van der Waals surface area contributed by atoms with Crippen LogP contribution in [0, 0.1) is 20.8 Å². The number of benzene rings is 2. The lowest BCUT2D eigenvalue weighted by molar-refractivity contribution is 0.0601. The highest BCUT2D eigenvalue weighted by Gasteiger charge is 2.27. The van der Waals surface area contributed by atoms with E-state index in [1.165, 1.54) is 7.11 Å². The molecule has 3 aromatic rings. The minimum Gasteiger partial charge on any atom is -0.465 e. The number of amides is 2. The van der Waals surface area contributed by atoms with E-state index in [0.717, 1.165) is 22.5 Å². The number of nitrogens with one attached hydrogen (secondary N) is 2. The van der Waals surface area contributed by atoms with Crippen molar-refractivity contribution in [2.45, 2.75) is 20.8 Å². The summed E-state index contributed by atoms with van der Waals surface area (Å²) >= 11 is 7.11. The molecule has 0 radical (unpaired) electrons. The molecule has 2 amide bonds. The molecular formula is C23H21ClN2O4S. The molecule has 1 heterocycles. The first-order chi connectivity index (χ1) is 14.7. The zero-order valence-corrected chi connectivity index (χ0v) is 19.0. The lowest BCUT2D eigenvalue weighted by Crippen LogP contribution is -2.15. The second kappa shape index (κ2) is 9.32. The van der Waals surface area contributed by atoms with Crippen molar-refractivity contribution in [2.24, 2.45) is 0 Å². The first-order valence-electron chi connectivity index (χ1n) is 9.39. The fraction of sp³-hybridized carbons (Fsp3) is 0.174. The number of anilines is 2. The summed E-state index contributed by atoms with van der Waals surface area (Å²) < 4.78 is 4.87. The quantitative estimate of drug-likeness (QED) is 0.488. The SMILES string of the molecule is COC(=O)c1c(NC(=O)c2ccccc2Cl)sc(C(=O)Nc2cc(C)ccc2C)c1C. The summed E-state index contributed by atoms with van der Waals surface area (Å²) in [6.07, 6.45) is 0. The molecule has 0 unspecified atom stereocenters. The van der Waals surface area contributed by atoms with Crippen LogP contribution in [0.1, 0.15) is 47.1 Å². The molecule has 0 spiro atoms. The molecule has 0 fully saturated rings. The molecule has 0 aliphatic rings. The van der Waals surface area contributed by atoms with Crippen LogP contribution >= 0.6 is 22.9 Å². The summed E-state index contributed by atoms with van der Waals surface area (Å²) in [5.41, 5.74) is 3.42. The van der Waals surface area contributed by atoms with Crippen molar-refractivity contribution in [1.82, 2.24) is 0 Å². The number of ether oxygens (including phenoxy) is 1. The molecule has 2 N–H and O–H groups in total. The van der Waals surface area contributed by atoms with E-state index in [9.17, 15) is 14.4 Å². The minimum atomic E-state index is -0.644. The van der Waals surface area contributed by atoms with E-state index >= 15 is 0 Å². The largest absolute Gasteiger partial charge is 0.465 e. The first kappa shape index (κ1) is 22.5. The van der Waals surface area contributed by atoms with E-state index in [1.54, 1.807) is 31.2 Å². The number of aryl methyl sites for hydroxylation is 2. The van der Waals surface area contributed by atoms with Gasteiger partial charge in [-0.1, -0.05) is 35.9 Å². The van der Waals surface area contributed by atoms with Gasteiger partial charge in [0, 0.05) is 5.69 Å². The van der Waals surface area contributed by atoms with Crippen LogP contribution in [-0.4, -0.2) is 24.9 Å². The molecular weight excluding hydrogens is 436 g/mol. The molecule has 0 aliphatic heterocycles. The Kier molecular flexibility index (Phi) is 6.77. The number of carbonyl (C=O) groups is 3. The first-order valence-corrected chi connectivity index (χ1v) is 10.6. The number of thiophene rings is 1. The van der Waals surface area contributed by atoms with Crippen LogP contribution in [0.25, 0.3) is 0 Å². The van der Waals surface area contributed by atoms with Gasteiger partial charge in [-0.15, -0.1) is 11.3 Å². The van der Waals surface area contributed by atoms with E-state index in [-0.39, 0.29) is 27.1 Å². The Hall–Kier alpha value is -3.16. The van der Waals surface area contributed by atoms with Gasteiger partial charge in [0.25, 0.3) is 11.8 Å². The van der Waals surface area contributed by atoms with Crippen molar-refractivity contribution in [1.29, 1.82) is 0 Å². The summed E-state index contributed by atoms with van der Waals surface area (Å²) in [6, 6.07) is 12.3. The Bertz CT molecular complexity index is 1190. The predicted molar refractivity (Wildman–Crippen MR) is 124 cm³/mol. The number of carbonyl (C=O) groups excluding carboxylic acids is 3. The standard InChI is InChI=1S/C23H21ClN2O4S/c1-12-9-10-13(2)17(11-12)25-21(28)19-14(3)18(23(29)30-4)22(31-19)26-20(27)15-7-5-6-8-16(15)24/h5-11H,1-4H3,(H,25,28)(H,26,27). The third kappa shape index (κ3) is 4.78. The Morgan fingerprint density at radius 2 is 1.68 bits per heavy atom. The molecule has 2 aromatic carbocycles. The number of hydrogen-bond donors (Lipinski definition) is 2. The van der Waals surface area contributed by atoms with Crippen LogP contribution < -0.4 is 10.6 Å². The van der Waals surface area contributed by atoms with Crippen molar-refractivity contribution in [3.63, 3.8) is 0 Å². The van der Waals surface area contributed by atoms with Gasteiger partial charge in [0.2, 0.25) is 0 Å². The number of halogens is 1. The van der Waals surface area contributed by atoms with Crippen LogP contribution in [0.3, 0.4) is 0 Å². The van der Waals surface area contributed by atoms with Crippen LogP contribution in [0.4, 0.5) is 10.7 Å². The normalized spacial score (nSPS) is 10.5. The molecule has 160 valence electrons. The maximum Gasteiger partial charge on any atom is 0.341 e. The highest BCUT2D eigenvalue weighted by molar-refractivity contribution is 7.19. The zero-order valence-electron chi connectivity index (χ0n) is 17.5. The summed E-state index contributed by atoms with van der Waals surface area (Å²) in [7, 11) is 1.24. The van der Waals surface area contributed by atoms with Crippen molar-refractivity contribution >= 4 is 51.4 Å². The smallest absolute Gasteiger partial charge is 0.341 e. The molecule has 3 rings (SSSR count). The van der Waals surface area contributed by atoms with Gasteiger partial charge < -0.3 is 15.4 Å². The van der Waals surface area contributed by atoms with Gasteiger partial charge in [0.1, 0.15) is 5.00 Å². The van der Waals surface area contributed by atoms with Gasteiger partial charge in [-0.25, -0.2) is 4.79 Å². The lowest BCUT2D eigenvalue weighted by Gasteiger charge is -2.09. The Morgan fingerprint density at radius 1 is 0.968 bits per heavy atom. The second-order valence-corrected chi connectivity index (χ2v) is 8.39. The molecule has 8 heteroatoms. The van der Waals surface area contributed by atoms with E-state index in [4.69, 9.17) is 16.3 Å². The summed E-state index contributed by atoms with van der Waals surface area (Å²) in [4.78, 5) is 38.4. The third-order valence-electron chi connectivity index (χ3n) is 4.73. The Morgan fingerprint density at radius 3 is 2.35 bits per heavy atom. The van der Waals surface area contributed by atoms with Crippen molar-refractivity contribution < 1.29 is 19.1 Å². The van der Waals surface area contributed by atoms with Crippen molar-refractivity contribution in [3.05, 3.63) is 80.2 Å². The van der Waals surface area contributed by atoms with E-state index in [0.29, 0.717) is 16.1 Å². The average molecular weight is 457 g/mol. The van der Waals surface area contributed by atoms with Crippen LogP contribution in [0.2, 0.25) is 5.02 Å². The number of hydrogen-bond acceptors (Lipinski definition) is 5. The van der Waals surface area contributed by atoms with Gasteiger partial charge in [-0.3, -0.25) is 9.59 Å². The van der Waals surface area contributed by atoms with Gasteiger partial charge in [0.15, 0.2) is 0 Å². The summed E-state index contributed by atoms with van der Waals surface area (Å²) in [6.45, 7) is 5.47. The zero-order chi connectivity index (χ0) is 22.7. The molecule has 31 heavy (non-hydrogen) atoms. The third-order valence-corrected chi connectivity index (χ3v) is 6.26. The maximum atomic E-state index is 13.0. The van der Waals surface area contributed by atoms with E-state index < -0.39 is 11.9 Å². The fourth-order valence-electron chi connectivity index (χ4n) is 3.03. The molecule has 0 saturated carbocycles. The minimum absolute atomic E-state index is 0.138. The lowest BCUT2D eigenvalue weighted by atomic mass is 10.1. The monoisotopic (exact) mass is 456 g/mol. The molecule has 0 atom stereocenters. The fourth-order valence-corrected chi connectivity index (χ4v) is 4.34.